The Morgan fingerprint density at radius 2 is 1.80 bits per heavy atom. The summed E-state index contributed by atoms with van der Waals surface area (Å²) in [5.41, 5.74) is 4.23. The lowest BCUT2D eigenvalue weighted by Crippen LogP contribution is -2.03. The van der Waals surface area contributed by atoms with Crippen molar-refractivity contribution < 1.29 is 8.78 Å². The molecule has 0 aliphatic heterocycles. The molecule has 104 valence electrons. The minimum Gasteiger partial charge on any atom is -0.379 e. The first kappa shape index (κ1) is 13.6. The summed E-state index contributed by atoms with van der Waals surface area (Å²) in [5, 5.41) is 3.02. The summed E-state index contributed by atoms with van der Waals surface area (Å²) in [7, 11) is 0. The van der Waals surface area contributed by atoms with Gasteiger partial charge in [-0.3, -0.25) is 0 Å². The number of nitrogens with one attached hydrogen (secondary N) is 1. The van der Waals surface area contributed by atoms with E-state index in [1.165, 1.54) is 23.6 Å². The van der Waals surface area contributed by atoms with Crippen LogP contribution >= 0.6 is 15.9 Å². The molecule has 0 spiro atoms. The molecule has 0 unspecified atom stereocenters. The molecule has 0 aromatic heterocycles. The zero-order chi connectivity index (χ0) is 14.1. The van der Waals surface area contributed by atoms with Crippen LogP contribution in [0.4, 0.5) is 14.5 Å². The van der Waals surface area contributed by atoms with Gasteiger partial charge in [-0.1, -0.05) is 18.2 Å². The van der Waals surface area contributed by atoms with E-state index in [9.17, 15) is 8.78 Å². The van der Waals surface area contributed by atoms with Gasteiger partial charge in [-0.15, -0.1) is 0 Å². The normalized spacial score (nSPS) is 13.3. The molecule has 1 nitrogen and oxygen atoms in total. The Labute approximate surface area is 125 Å². The molecule has 0 atom stereocenters. The Hall–Kier alpha value is -1.42. The molecule has 0 heterocycles. The molecule has 0 fully saturated rings. The molecule has 1 aliphatic rings. The molecular weight excluding hydrogens is 324 g/mol. The molecule has 2 aromatic carbocycles. The molecule has 0 saturated carbocycles. The van der Waals surface area contributed by atoms with Crippen LogP contribution in [0.1, 0.15) is 23.1 Å². The number of fused-ring (bicyclic) bond motifs is 1. The van der Waals surface area contributed by atoms with E-state index in [1.54, 1.807) is 0 Å². The molecule has 1 aliphatic carbocycles. The van der Waals surface area contributed by atoms with E-state index in [4.69, 9.17) is 0 Å². The Kier molecular flexibility index (Phi) is 3.74. The lowest BCUT2D eigenvalue weighted by Gasteiger charge is -2.10. The fourth-order valence-corrected chi connectivity index (χ4v) is 2.93. The summed E-state index contributed by atoms with van der Waals surface area (Å²) in [5.74, 6) is -1.17. The van der Waals surface area contributed by atoms with Crippen molar-refractivity contribution in [1.82, 2.24) is 0 Å². The van der Waals surface area contributed by atoms with Crippen LogP contribution in [0, 0.1) is 11.6 Å². The second kappa shape index (κ2) is 5.52. The van der Waals surface area contributed by atoms with Crippen LogP contribution in [-0.4, -0.2) is 0 Å². The van der Waals surface area contributed by atoms with Gasteiger partial charge in [0, 0.05) is 12.6 Å². The van der Waals surface area contributed by atoms with E-state index in [0.717, 1.165) is 24.5 Å². The average Bonchev–Trinajstić information content (AvgIpc) is 2.89. The maximum absolute atomic E-state index is 13.6. The van der Waals surface area contributed by atoms with E-state index in [2.05, 4.69) is 39.4 Å². The van der Waals surface area contributed by atoms with Gasteiger partial charge < -0.3 is 5.32 Å². The van der Waals surface area contributed by atoms with E-state index in [1.807, 2.05) is 0 Å². The Balaban J connectivity index is 1.75. The number of hydrogen-bond donors (Lipinski definition) is 1. The van der Waals surface area contributed by atoms with Crippen LogP contribution in [0.3, 0.4) is 0 Å². The zero-order valence-electron chi connectivity index (χ0n) is 10.8. The molecular formula is C16H14BrF2N. The number of hydrogen-bond acceptors (Lipinski definition) is 1. The zero-order valence-corrected chi connectivity index (χ0v) is 12.4. The van der Waals surface area contributed by atoms with Gasteiger partial charge in [0.2, 0.25) is 0 Å². The van der Waals surface area contributed by atoms with Crippen LogP contribution in [0.15, 0.2) is 34.8 Å². The lowest BCUT2D eigenvalue weighted by atomic mass is 10.1. The second-order valence-corrected chi connectivity index (χ2v) is 5.91. The summed E-state index contributed by atoms with van der Waals surface area (Å²) >= 11 is 3.07. The van der Waals surface area contributed by atoms with Crippen molar-refractivity contribution in [2.75, 3.05) is 5.32 Å². The molecule has 0 saturated heterocycles. The predicted octanol–water partition coefficient (Wildman–Crippen LogP) is 4.83. The number of rotatable bonds is 3. The average molecular weight is 338 g/mol. The van der Waals surface area contributed by atoms with E-state index in [0.29, 0.717) is 12.2 Å². The number of aryl methyl sites for hydroxylation is 2. The van der Waals surface area contributed by atoms with Gasteiger partial charge in [0.15, 0.2) is 0 Å². The highest BCUT2D eigenvalue weighted by Gasteiger charge is 2.11. The SMILES string of the molecule is Fc1cc(F)c(NCc2ccc3c(c2)CCC3)cc1Br. The standard InChI is InChI=1S/C16H14BrF2N/c17-13-7-16(15(19)8-14(13)18)20-9-10-4-5-11-2-1-3-12(11)6-10/h4-8,20H,1-3,9H2. The van der Waals surface area contributed by atoms with Crippen LogP contribution in [0.2, 0.25) is 0 Å². The van der Waals surface area contributed by atoms with Gasteiger partial charge in [-0.2, -0.15) is 0 Å². The molecule has 20 heavy (non-hydrogen) atoms. The Bertz CT molecular complexity index is 655. The molecule has 0 bridgehead atoms. The Morgan fingerprint density at radius 1 is 1.00 bits per heavy atom. The second-order valence-electron chi connectivity index (χ2n) is 5.06. The fraction of sp³-hybridized carbons (Fsp3) is 0.250. The van der Waals surface area contributed by atoms with Crippen molar-refractivity contribution >= 4 is 21.6 Å². The highest BCUT2D eigenvalue weighted by Crippen LogP contribution is 2.26. The highest BCUT2D eigenvalue weighted by atomic mass is 79.9. The molecule has 1 N–H and O–H groups in total. The summed E-state index contributed by atoms with van der Waals surface area (Å²) < 4.78 is 27.0. The monoisotopic (exact) mass is 337 g/mol. The summed E-state index contributed by atoms with van der Waals surface area (Å²) in [6.45, 7) is 0.530. The predicted molar refractivity (Wildman–Crippen MR) is 79.9 cm³/mol. The molecule has 4 heteroatoms. The first-order valence-electron chi connectivity index (χ1n) is 6.62. The number of anilines is 1. The van der Waals surface area contributed by atoms with E-state index >= 15 is 0 Å². The minimum absolute atomic E-state index is 0.260. The summed E-state index contributed by atoms with van der Waals surface area (Å²) in [4.78, 5) is 0. The van der Waals surface area contributed by atoms with Crippen LogP contribution in [0.25, 0.3) is 0 Å². The third-order valence-electron chi connectivity index (χ3n) is 3.66. The van der Waals surface area contributed by atoms with Crippen molar-refractivity contribution in [2.45, 2.75) is 25.8 Å². The van der Waals surface area contributed by atoms with E-state index < -0.39 is 11.6 Å². The largest absolute Gasteiger partial charge is 0.379 e. The third-order valence-corrected chi connectivity index (χ3v) is 4.26. The number of benzene rings is 2. The van der Waals surface area contributed by atoms with E-state index in [-0.39, 0.29) is 4.47 Å². The van der Waals surface area contributed by atoms with Gasteiger partial charge in [0.1, 0.15) is 11.6 Å². The van der Waals surface area contributed by atoms with Crippen molar-refractivity contribution in [3.05, 3.63) is 63.1 Å². The fourth-order valence-electron chi connectivity index (χ4n) is 2.59. The van der Waals surface area contributed by atoms with Crippen molar-refractivity contribution in [3.63, 3.8) is 0 Å². The van der Waals surface area contributed by atoms with Gasteiger partial charge in [-0.05, 0) is 57.9 Å². The topological polar surface area (TPSA) is 12.0 Å². The summed E-state index contributed by atoms with van der Waals surface area (Å²) in [6, 6.07) is 8.70. The van der Waals surface area contributed by atoms with Crippen molar-refractivity contribution in [1.29, 1.82) is 0 Å². The first-order valence-corrected chi connectivity index (χ1v) is 7.42. The third kappa shape index (κ3) is 2.70. The maximum Gasteiger partial charge on any atom is 0.149 e. The highest BCUT2D eigenvalue weighted by molar-refractivity contribution is 9.10. The van der Waals surface area contributed by atoms with Gasteiger partial charge in [-0.25, -0.2) is 8.78 Å². The van der Waals surface area contributed by atoms with Crippen molar-refractivity contribution in [3.8, 4) is 0 Å². The van der Waals surface area contributed by atoms with Crippen molar-refractivity contribution in [2.24, 2.45) is 0 Å². The maximum atomic E-state index is 13.6. The van der Waals surface area contributed by atoms with Gasteiger partial charge in [0.05, 0.1) is 10.2 Å². The van der Waals surface area contributed by atoms with Crippen LogP contribution in [-0.2, 0) is 19.4 Å². The number of halogens is 3. The smallest absolute Gasteiger partial charge is 0.149 e. The first-order chi connectivity index (χ1) is 9.63. The Morgan fingerprint density at radius 3 is 2.65 bits per heavy atom. The van der Waals surface area contributed by atoms with Gasteiger partial charge >= 0.3 is 0 Å². The minimum atomic E-state index is -0.592. The summed E-state index contributed by atoms with van der Waals surface area (Å²) in [6.07, 6.45) is 3.49. The van der Waals surface area contributed by atoms with Crippen LogP contribution in [0.5, 0.6) is 0 Å². The quantitative estimate of drug-likeness (QED) is 0.791. The molecule has 0 radical (unpaired) electrons. The van der Waals surface area contributed by atoms with Crippen LogP contribution < -0.4 is 5.32 Å². The van der Waals surface area contributed by atoms with Gasteiger partial charge in [0.25, 0.3) is 0 Å². The molecule has 0 amide bonds. The lowest BCUT2D eigenvalue weighted by molar-refractivity contribution is 0.580. The molecule has 2 aromatic rings. The molecule has 3 rings (SSSR count).